The van der Waals surface area contributed by atoms with Gasteiger partial charge in [0, 0.05) is 18.4 Å². The van der Waals surface area contributed by atoms with Gasteiger partial charge in [0.15, 0.2) is 0 Å². The molecular formula is C18H15Cl2FN4. The van der Waals surface area contributed by atoms with Crippen LogP contribution >= 0.6 is 23.2 Å². The van der Waals surface area contributed by atoms with Gasteiger partial charge in [-0.1, -0.05) is 41.4 Å². The molecule has 7 heteroatoms. The third kappa shape index (κ3) is 4.81. The number of halogens is 3. The molecule has 0 aliphatic rings. The largest absolute Gasteiger partial charge is 0.354 e. The molecule has 1 heterocycles. The maximum Gasteiger partial charge on any atom is 0.224 e. The molecule has 3 aromatic rings. The minimum atomic E-state index is -0.208. The van der Waals surface area contributed by atoms with Gasteiger partial charge >= 0.3 is 0 Å². The van der Waals surface area contributed by atoms with Gasteiger partial charge in [0.05, 0.1) is 10.0 Å². The lowest BCUT2D eigenvalue weighted by Crippen LogP contribution is -2.09. The number of hydrogen-bond acceptors (Lipinski definition) is 4. The van der Waals surface area contributed by atoms with Gasteiger partial charge in [-0.05, 0) is 42.3 Å². The third-order valence-corrected chi connectivity index (χ3v) is 4.22. The van der Waals surface area contributed by atoms with E-state index in [0.29, 0.717) is 40.3 Å². The van der Waals surface area contributed by atoms with Crippen molar-refractivity contribution in [2.45, 2.75) is 6.42 Å². The van der Waals surface area contributed by atoms with Gasteiger partial charge in [-0.2, -0.15) is 4.98 Å². The second kappa shape index (κ2) is 8.14. The average Bonchev–Trinajstić information content (AvgIpc) is 2.60. The number of aromatic nitrogens is 2. The summed E-state index contributed by atoms with van der Waals surface area (Å²) in [5.74, 6) is 0.864. The molecule has 4 nitrogen and oxygen atoms in total. The van der Waals surface area contributed by atoms with E-state index in [4.69, 9.17) is 23.2 Å². The van der Waals surface area contributed by atoms with Crippen molar-refractivity contribution in [1.29, 1.82) is 0 Å². The van der Waals surface area contributed by atoms with E-state index in [0.717, 1.165) is 5.69 Å². The summed E-state index contributed by atoms with van der Waals surface area (Å²) in [4.78, 5) is 8.53. The molecule has 2 N–H and O–H groups in total. The van der Waals surface area contributed by atoms with E-state index in [2.05, 4.69) is 20.6 Å². The predicted octanol–water partition coefficient (Wildman–Crippen LogP) is 5.32. The van der Waals surface area contributed by atoms with Gasteiger partial charge in [-0.25, -0.2) is 9.37 Å². The number of anilines is 3. The third-order valence-electron chi connectivity index (χ3n) is 3.48. The van der Waals surface area contributed by atoms with Crippen LogP contribution < -0.4 is 10.6 Å². The van der Waals surface area contributed by atoms with Crippen molar-refractivity contribution >= 4 is 40.7 Å². The Morgan fingerprint density at radius 1 is 1.00 bits per heavy atom. The predicted molar refractivity (Wildman–Crippen MR) is 100 cm³/mol. The molecule has 2 aromatic carbocycles. The Balaban J connectivity index is 1.61. The summed E-state index contributed by atoms with van der Waals surface area (Å²) >= 11 is 11.9. The Labute approximate surface area is 155 Å². The molecule has 0 aliphatic carbocycles. The summed E-state index contributed by atoms with van der Waals surface area (Å²) in [6.45, 7) is 0.525. The molecule has 1 aromatic heterocycles. The van der Waals surface area contributed by atoms with E-state index < -0.39 is 0 Å². The molecule has 0 unspecified atom stereocenters. The first-order valence-electron chi connectivity index (χ1n) is 7.64. The quantitative estimate of drug-likeness (QED) is 0.610. The van der Waals surface area contributed by atoms with E-state index in [1.54, 1.807) is 36.5 Å². The summed E-state index contributed by atoms with van der Waals surface area (Å²) in [7, 11) is 0. The van der Waals surface area contributed by atoms with Gasteiger partial charge in [0.1, 0.15) is 11.6 Å². The minimum absolute atomic E-state index is 0.208. The first-order chi connectivity index (χ1) is 12.1. The van der Waals surface area contributed by atoms with E-state index in [1.807, 2.05) is 12.1 Å². The van der Waals surface area contributed by atoms with Crippen LogP contribution in [0.25, 0.3) is 0 Å². The van der Waals surface area contributed by atoms with Crippen molar-refractivity contribution < 1.29 is 4.39 Å². The fraction of sp³-hybridized carbons (Fsp3) is 0.111. The van der Waals surface area contributed by atoms with Crippen molar-refractivity contribution in [2.24, 2.45) is 0 Å². The maximum absolute atomic E-state index is 13.6. The van der Waals surface area contributed by atoms with Crippen LogP contribution in [0.5, 0.6) is 0 Å². The van der Waals surface area contributed by atoms with E-state index >= 15 is 0 Å². The Morgan fingerprint density at radius 3 is 2.64 bits per heavy atom. The summed E-state index contributed by atoms with van der Waals surface area (Å²) < 4.78 is 13.6. The first kappa shape index (κ1) is 17.5. The molecule has 25 heavy (non-hydrogen) atoms. The van der Waals surface area contributed by atoms with Crippen molar-refractivity contribution in [3.05, 3.63) is 76.2 Å². The van der Waals surface area contributed by atoms with Crippen LogP contribution in [0.15, 0.2) is 54.7 Å². The van der Waals surface area contributed by atoms with E-state index in [-0.39, 0.29) is 5.82 Å². The second-order valence-electron chi connectivity index (χ2n) is 5.29. The highest BCUT2D eigenvalue weighted by Gasteiger charge is 2.04. The molecule has 0 amide bonds. The molecule has 0 bridgehead atoms. The molecule has 0 atom stereocenters. The van der Waals surface area contributed by atoms with E-state index in [1.165, 1.54) is 6.07 Å². The van der Waals surface area contributed by atoms with Crippen molar-refractivity contribution in [1.82, 2.24) is 9.97 Å². The zero-order chi connectivity index (χ0) is 17.6. The molecule has 0 saturated heterocycles. The summed E-state index contributed by atoms with van der Waals surface area (Å²) in [6.07, 6.45) is 2.18. The monoisotopic (exact) mass is 376 g/mol. The number of rotatable bonds is 6. The molecule has 128 valence electrons. The van der Waals surface area contributed by atoms with Crippen molar-refractivity contribution in [2.75, 3.05) is 17.2 Å². The number of nitrogens with zero attached hydrogens (tertiary/aromatic N) is 2. The van der Waals surface area contributed by atoms with Crippen LogP contribution in [0.3, 0.4) is 0 Å². The first-order valence-corrected chi connectivity index (χ1v) is 8.40. The fourth-order valence-electron chi connectivity index (χ4n) is 2.25. The van der Waals surface area contributed by atoms with Crippen molar-refractivity contribution in [3.63, 3.8) is 0 Å². The lowest BCUT2D eigenvalue weighted by molar-refractivity contribution is 0.610. The maximum atomic E-state index is 13.6. The van der Waals surface area contributed by atoms with Gasteiger partial charge < -0.3 is 10.6 Å². The lowest BCUT2D eigenvalue weighted by atomic mass is 10.1. The summed E-state index contributed by atoms with van der Waals surface area (Å²) in [5, 5.41) is 7.18. The van der Waals surface area contributed by atoms with Gasteiger partial charge in [-0.15, -0.1) is 0 Å². The molecular weight excluding hydrogens is 362 g/mol. The highest BCUT2D eigenvalue weighted by molar-refractivity contribution is 6.42. The smallest absolute Gasteiger partial charge is 0.224 e. The van der Waals surface area contributed by atoms with Crippen molar-refractivity contribution in [3.8, 4) is 0 Å². The van der Waals surface area contributed by atoms with Crippen LogP contribution in [0.4, 0.5) is 21.8 Å². The minimum Gasteiger partial charge on any atom is -0.354 e. The van der Waals surface area contributed by atoms with Crippen LogP contribution in [0.1, 0.15) is 5.56 Å². The molecule has 0 radical (unpaired) electrons. The Hall–Kier alpha value is -2.37. The molecule has 0 aliphatic heterocycles. The molecule has 0 saturated carbocycles. The standard InChI is InChI=1S/C18H15Cl2FN4/c19-14-6-5-13(11-15(14)20)24-17-8-10-23-18(25-17)22-9-7-12-3-1-2-4-16(12)21/h1-6,8,10-11H,7,9H2,(H2,22,23,24,25). The Kier molecular flexibility index (Phi) is 5.68. The Morgan fingerprint density at radius 2 is 1.84 bits per heavy atom. The molecule has 0 spiro atoms. The second-order valence-corrected chi connectivity index (χ2v) is 6.10. The fourth-order valence-corrected chi connectivity index (χ4v) is 2.54. The van der Waals surface area contributed by atoms with Gasteiger partial charge in [0.25, 0.3) is 0 Å². The zero-order valence-electron chi connectivity index (χ0n) is 13.1. The number of hydrogen-bond donors (Lipinski definition) is 2. The summed E-state index contributed by atoms with van der Waals surface area (Å²) in [5.41, 5.74) is 1.42. The van der Waals surface area contributed by atoms with Crippen LogP contribution in [-0.4, -0.2) is 16.5 Å². The number of benzene rings is 2. The molecule has 0 fully saturated rings. The topological polar surface area (TPSA) is 49.8 Å². The van der Waals surface area contributed by atoms with Gasteiger partial charge in [0.2, 0.25) is 5.95 Å². The van der Waals surface area contributed by atoms with Crippen LogP contribution in [0.2, 0.25) is 10.0 Å². The van der Waals surface area contributed by atoms with Crippen LogP contribution in [-0.2, 0) is 6.42 Å². The normalized spacial score (nSPS) is 10.5. The average molecular weight is 377 g/mol. The highest BCUT2D eigenvalue weighted by atomic mass is 35.5. The lowest BCUT2D eigenvalue weighted by Gasteiger charge is -2.09. The number of nitrogens with one attached hydrogen (secondary N) is 2. The highest BCUT2D eigenvalue weighted by Crippen LogP contribution is 2.26. The summed E-state index contributed by atoms with van der Waals surface area (Å²) in [6, 6.07) is 13.7. The van der Waals surface area contributed by atoms with Crippen LogP contribution in [0, 0.1) is 5.82 Å². The zero-order valence-corrected chi connectivity index (χ0v) is 14.7. The van der Waals surface area contributed by atoms with Gasteiger partial charge in [-0.3, -0.25) is 0 Å². The molecule has 3 rings (SSSR count). The SMILES string of the molecule is Fc1ccccc1CCNc1nccc(Nc2ccc(Cl)c(Cl)c2)n1. The Bertz CT molecular complexity index is 873. The van der Waals surface area contributed by atoms with E-state index in [9.17, 15) is 4.39 Å².